The topological polar surface area (TPSA) is 46.6 Å². The molecule has 0 saturated carbocycles. The maximum Gasteiger partial charge on any atom is 0.313 e. The molecule has 2 atom stereocenters. The van der Waals surface area contributed by atoms with Gasteiger partial charge in [-0.25, -0.2) is 4.39 Å². The van der Waals surface area contributed by atoms with Crippen molar-refractivity contribution in [1.82, 2.24) is 4.90 Å². The van der Waals surface area contributed by atoms with Gasteiger partial charge in [-0.3, -0.25) is 14.5 Å². The highest BCUT2D eigenvalue weighted by atomic mass is 19.1. The van der Waals surface area contributed by atoms with Crippen molar-refractivity contribution in [3.05, 3.63) is 35.6 Å². The summed E-state index contributed by atoms with van der Waals surface area (Å²) in [6, 6.07) is 6.47. The molecule has 0 radical (unpaired) electrons. The van der Waals surface area contributed by atoms with Gasteiger partial charge in [0, 0.05) is 12.0 Å². The first kappa shape index (κ1) is 16.6. The highest BCUT2D eigenvalue weighted by Crippen LogP contribution is 2.34. The lowest BCUT2D eigenvalue weighted by molar-refractivity contribution is -0.146. The second-order valence-electron chi connectivity index (χ2n) is 5.72. The van der Waals surface area contributed by atoms with Crippen molar-refractivity contribution in [3.63, 3.8) is 0 Å². The third-order valence-electron chi connectivity index (χ3n) is 4.20. The van der Waals surface area contributed by atoms with Crippen LogP contribution < -0.4 is 0 Å². The number of hydrogen-bond acceptors (Lipinski definition) is 4. The Balaban J connectivity index is 2.02. The molecule has 120 valence electrons. The average molecular weight is 307 g/mol. The molecule has 0 spiro atoms. The smallest absolute Gasteiger partial charge is 0.313 e. The number of carbonyl (C=O) groups excluding carboxylic acids is 2. The minimum absolute atomic E-state index is 0.0568. The lowest BCUT2D eigenvalue weighted by Gasteiger charge is -2.36. The van der Waals surface area contributed by atoms with E-state index in [4.69, 9.17) is 4.74 Å². The minimum Gasteiger partial charge on any atom is -0.466 e. The molecule has 1 aliphatic rings. The number of halogens is 1. The number of piperidine rings is 1. The molecule has 1 aromatic carbocycles. The summed E-state index contributed by atoms with van der Waals surface area (Å²) in [5.41, 5.74) is 0.998. The van der Waals surface area contributed by atoms with E-state index in [9.17, 15) is 14.0 Å². The quantitative estimate of drug-likeness (QED) is 0.620. The molecule has 0 unspecified atom stereocenters. The maximum atomic E-state index is 13.1. The zero-order chi connectivity index (χ0) is 16.1. The molecule has 0 amide bonds. The highest BCUT2D eigenvalue weighted by Gasteiger charge is 2.32. The first-order chi connectivity index (χ1) is 10.5. The summed E-state index contributed by atoms with van der Waals surface area (Å²) < 4.78 is 17.9. The van der Waals surface area contributed by atoms with Crippen LogP contribution in [-0.4, -0.2) is 36.9 Å². The van der Waals surface area contributed by atoms with Crippen molar-refractivity contribution in [2.45, 2.75) is 32.2 Å². The second kappa shape index (κ2) is 7.49. The largest absolute Gasteiger partial charge is 0.466 e. The fraction of sp³-hybridized carbons (Fsp3) is 0.529. The van der Waals surface area contributed by atoms with Crippen LogP contribution >= 0.6 is 0 Å². The number of ketones is 1. The summed E-state index contributed by atoms with van der Waals surface area (Å²) in [5.74, 6) is -0.920. The fourth-order valence-electron chi connectivity index (χ4n) is 2.95. The summed E-state index contributed by atoms with van der Waals surface area (Å²) in [6.45, 7) is 2.79. The molecule has 22 heavy (non-hydrogen) atoms. The van der Waals surface area contributed by atoms with Crippen LogP contribution in [0.4, 0.5) is 4.39 Å². The molecule has 0 aromatic heterocycles. The van der Waals surface area contributed by atoms with E-state index >= 15 is 0 Å². The molecule has 1 heterocycles. The first-order valence-electron chi connectivity index (χ1n) is 7.65. The summed E-state index contributed by atoms with van der Waals surface area (Å²) in [7, 11) is 2.00. The second-order valence-corrected chi connectivity index (χ2v) is 5.72. The van der Waals surface area contributed by atoms with Gasteiger partial charge in [0.1, 0.15) is 18.0 Å². The first-order valence-corrected chi connectivity index (χ1v) is 7.65. The van der Waals surface area contributed by atoms with Gasteiger partial charge in [-0.05, 0) is 51.1 Å². The number of nitrogens with zero attached hydrogens (tertiary/aromatic N) is 1. The van der Waals surface area contributed by atoms with E-state index in [2.05, 4.69) is 4.90 Å². The Kier molecular flexibility index (Phi) is 5.66. The zero-order valence-electron chi connectivity index (χ0n) is 13.0. The maximum absolute atomic E-state index is 13.1. The number of likely N-dealkylation sites (tertiary alicyclic amines) is 1. The lowest BCUT2D eigenvalue weighted by Crippen LogP contribution is -2.37. The van der Waals surface area contributed by atoms with Gasteiger partial charge in [-0.2, -0.15) is 0 Å². The summed E-state index contributed by atoms with van der Waals surface area (Å²) in [6.07, 6.45) is 1.24. The molecule has 1 aliphatic heterocycles. The predicted octanol–water partition coefficient (Wildman–Crippen LogP) is 2.73. The zero-order valence-corrected chi connectivity index (χ0v) is 13.0. The normalized spacial score (nSPS) is 22.3. The van der Waals surface area contributed by atoms with Crippen molar-refractivity contribution < 1.29 is 18.7 Å². The number of carbonyl (C=O) groups is 2. The van der Waals surface area contributed by atoms with E-state index in [0.717, 1.165) is 18.5 Å². The van der Waals surface area contributed by atoms with E-state index in [-0.39, 0.29) is 36.6 Å². The SMILES string of the molecule is CCOC(=O)CC(=O)[C@@H]1CCN(C)[C@H](c2ccc(F)cc2)C1. The fourth-order valence-corrected chi connectivity index (χ4v) is 2.95. The van der Waals surface area contributed by atoms with Crippen LogP contribution in [0.1, 0.15) is 37.8 Å². The van der Waals surface area contributed by atoms with Gasteiger partial charge >= 0.3 is 5.97 Å². The van der Waals surface area contributed by atoms with Gasteiger partial charge in [0.2, 0.25) is 0 Å². The van der Waals surface area contributed by atoms with Gasteiger partial charge in [-0.15, -0.1) is 0 Å². The molecule has 1 saturated heterocycles. The van der Waals surface area contributed by atoms with E-state index in [1.807, 2.05) is 7.05 Å². The Morgan fingerprint density at radius 2 is 2.00 bits per heavy atom. The number of hydrogen-bond donors (Lipinski definition) is 0. The van der Waals surface area contributed by atoms with E-state index < -0.39 is 5.97 Å². The van der Waals surface area contributed by atoms with E-state index in [1.165, 1.54) is 12.1 Å². The molecule has 0 N–H and O–H groups in total. The van der Waals surface area contributed by atoms with Gasteiger partial charge in [-0.1, -0.05) is 12.1 Å². The van der Waals surface area contributed by atoms with Gasteiger partial charge in [0.05, 0.1) is 6.61 Å². The standard InChI is InChI=1S/C17H22FNO3/c1-3-22-17(21)11-16(20)13-8-9-19(2)15(10-13)12-4-6-14(18)7-5-12/h4-7,13,15H,3,8-11H2,1-2H3/t13-,15+/m1/s1. The minimum atomic E-state index is -0.454. The number of benzene rings is 1. The Bertz CT molecular complexity index is 529. The van der Waals surface area contributed by atoms with Gasteiger partial charge < -0.3 is 4.74 Å². The molecule has 5 heteroatoms. The molecule has 4 nitrogen and oxygen atoms in total. The van der Waals surface area contributed by atoms with Crippen molar-refractivity contribution >= 4 is 11.8 Å². The molecule has 0 aliphatic carbocycles. The van der Waals surface area contributed by atoms with Crippen LogP contribution in [0.5, 0.6) is 0 Å². The number of Topliss-reactive ketones (excluding diaryl/α,β-unsaturated/α-hetero) is 1. The third kappa shape index (κ3) is 4.13. The van der Waals surface area contributed by atoms with Crippen molar-refractivity contribution in [2.75, 3.05) is 20.2 Å². The van der Waals surface area contributed by atoms with Gasteiger partial charge in [0.15, 0.2) is 0 Å². The van der Waals surface area contributed by atoms with Crippen LogP contribution in [0.2, 0.25) is 0 Å². The van der Waals surface area contributed by atoms with E-state index in [0.29, 0.717) is 6.42 Å². The van der Waals surface area contributed by atoms with Crippen LogP contribution in [0.15, 0.2) is 24.3 Å². The Labute approximate surface area is 130 Å². The van der Waals surface area contributed by atoms with Crippen LogP contribution in [0.25, 0.3) is 0 Å². The van der Waals surface area contributed by atoms with Crippen molar-refractivity contribution in [2.24, 2.45) is 5.92 Å². The van der Waals surface area contributed by atoms with E-state index in [1.54, 1.807) is 19.1 Å². The number of esters is 1. The highest BCUT2D eigenvalue weighted by molar-refractivity contribution is 5.96. The Morgan fingerprint density at radius 3 is 2.64 bits per heavy atom. The van der Waals surface area contributed by atoms with Crippen LogP contribution in [0.3, 0.4) is 0 Å². The molecule has 1 aromatic rings. The molecule has 0 bridgehead atoms. The lowest BCUT2D eigenvalue weighted by atomic mass is 9.84. The Hall–Kier alpha value is -1.75. The molecule has 2 rings (SSSR count). The van der Waals surface area contributed by atoms with Crippen molar-refractivity contribution in [1.29, 1.82) is 0 Å². The summed E-state index contributed by atoms with van der Waals surface area (Å²) >= 11 is 0. The summed E-state index contributed by atoms with van der Waals surface area (Å²) in [4.78, 5) is 25.9. The van der Waals surface area contributed by atoms with Crippen molar-refractivity contribution in [3.8, 4) is 0 Å². The third-order valence-corrected chi connectivity index (χ3v) is 4.20. The number of ether oxygens (including phenoxy) is 1. The molecular weight excluding hydrogens is 285 g/mol. The van der Waals surface area contributed by atoms with Gasteiger partial charge in [0.25, 0.3) is 0 Å². The van der Waals surface area contributed by atoms with Crippen LogP contribution in [-0.2, 0) is 14.3 Å². The average Bonchev–Trinajstić information content (AvgIpc) is 2.49. The molecular formula is C17H22FNO3. The molecule has 1 fully saturated rings. The predicted molar refractivity (Wildman–Crippen MR) is 80.8 cm³/mol. The summed E-state index contributed by atoms with van der Waals surface area (Å²) in [5, 5.41) is 0. The Morgan fingerprint density at radius 1 is 1.32 bits per heavy atom. The monoisotopic (exact) mass is 307 g/mol. The number of rotatable bonds is 5. The van der Waals surface area contributed by atoms with Crippen LogP contribution in [0, 0.1) is 11.7 Å².